The minimum Gasteiger partial charge on any atom is -0.334 e. The molecule has 0 saturated carbocycles. The van der Waals surface area contributed by atoms with Crippen LogP contribution >= 0.6 is 15.9 Å². The predicted octanol–water partition coefficient (Wildman–Crippen LogP) is 3.82. The number of amides is 1. The molecule has 1 amide bonds. The predicted molar refractivity (Wildman–Crippen MR) is 78.8 cm³/mol. The van der Waals surface area contributed by atoms with Crippen LogP contribution in [0, 0.1) is 5.82 Å². The van der Waals surface area contributed by atoms with Crippen LogP contribution in [0.15, 0.2) is 47.1 Å². The van der Waals surface area contributed by atoms with Crippen LogP contribution < -0.4 is 0 Å². The van der Waals surface area contributed by atoms with Gasteiger partial charge in [0.1, 0.15) is 16.1 Å². The summed E-state index contributed by atoms with van der Waals surface area (Å²) in [6, 6.07) is 11.2. The summed E-state index contributed by atoms with van der Waals surface area (Å²) >= 11 is 3.23. The summed E-state index contributed by atoms with van der Waals surface area (Å²) in [6.07, 6.45) is 0. The van der Waals surface area contributed by atoms with E-state index in [9.17, 15) is 9.18 Å². The minimum atomic E-state index is -0.371. The Morgan fingerprint density at radius 3 is 2.60 bits per heavy atom. The Kier molecular flexibility index (Phi) is 4.49. The lowest BCUT2D eigenvalue weighted by Gasteiger charge is -2.25. The van der Waals surface area contributed by atoms with Crippen LogP contribution in [0.4, 0.5) is 4.39 Å². The van der Waals surface area contributed by atoms with Crippen molar-refractivity contribution in [1.29, 1.82) is 0 Å². The average Bonchev–Trinajstić information content (AvgIpc) is 2.45. The second-order valence-electron chi connectivity index (χ2n) is 4.46. The Labute approximate surface area is 125 Å². The summed E-state index contributed by atoms with van der Waals surface area (Å²) in [5.74, 6) is -0.566. The summed E-state index contributed by atoms with van der Waals surface area (Å²) in [6.45, 7) is 1.79. The summed E-state index contributed by atoms with van der Waals surface area (Å²) in [5, 5.41) is 0. The first-order valence-corrected chi connectivity index (χ1v) is 6.94. The molecule has 20 heavy (non-hydrogen) atoms. The number of halogens is 2. The molecule has 0 aliphatic rings. The summed E-state index contributed by atoms with van der Waals surface area (Å²) in [5.41, 5.74) is 0.809. The molecule has 0 saturated heterocycles. The Morgan fingerprint density at radius 1 is 1.25 bits per heavy atom. The van der Waals surface area contributed by atoms with Crippen molar-refractivity contribution < 1.29 is 9.18 Å². The van der Waals surface area contributed by atoms with Crippen molar-refractivity contribution in [2.45, 2.75) is 13.0 Å². The zero-order valence-corrected chi connectivity index (χ0v) is 12.8. The van der Waals surface area contributed by atoms with Gasteiger partial charge in [0.2, 0.25) is 0 Å². The van der Waals surface area contributed by atoms with Gasteiger partial charge in [0, 0.05) is 12.6 Å². The fraction of sp³-hybridized carbons (Fsp3) is 0.200. The fourth-order valence-corrected chi connectivity index (χ4v) is 2.25. The number of rotatable bonds is 3. The van der Waals surface area contributed by atoms with Crippen molar-refractivity contribution >= 4 is 21.8 Å². The number of carbonyl (C=O) groups excluding carboxylic acids is 1. The molecule has 1 atom stereocenters. The van der Waals surface area contributed by atoms with Gasteiger partial charge in [-0.15, -0.1) is 0 Å². The summed E-state index contributed by atoms with van der Waals surface area (Å²) in [4.78, 5) is 17.9. The fourth-order valence-electron chi connectivity index (χ4n) is 1.91. The standard InChI is InChI=1S/C15H14BrFN2O/c1-10(11-6-3-4-7-12(11)17)19(2)15(20)13-8-5-9-14(16)18-13/h3-10H,1-2H3. The second-order valence-corrected chi connectivity index (χ2v) is 5.27. The van der Waals surface area contributed by atoms with E-state index in [2.05, 4.69) is 20.9 Å². The molecule has 1 unspecified atom stereocenters. The highest BCUT2D eigenvalue weighted by atomic mass is 79.9. The van der Waals surface area contributed by atoms with Crippen LogP contribution in [0.2, 0.25) is 0 Å². The van der Waals surface area contributed by atoms with Gasteiger partial charge < -0.3 is 4.90 Å². The molecule has 0 bridgehead atoms. The van der Waals surface area contributed by atoms with Gasteiger partial charge in [-0.05, 0) is 41.1 Å². The molecular weight excluding hydrogens is 323 g/mol. The molecule has 0 radical (unpaired) electrons. The van der Waals surface area contributed by atoms with Gasteiger partial charge in [-0.1, -0.05) is 24.3 Å². The Balaban J connectivity index is 2.25. The number of pyridine rings is 1. The zero-order chi connectivity index (χ0) is 14.7. The minimum absolute atomic E-state index is 0.248. The highest BCUT2D eigenvalue weighted by Gasteiger charge is 2.21. The maximum atomic E-state index is 13.8. The number of nitrogens with zero attached hydrogens (tertiary/aromatic N) is 2. The SMILES string of the molecule is CC(c1ccccc1F)N(C)C(=O)c1cccc(Br)n1. The first-order valence-electron chi connectivity index (χ1n) is 6.15. The van der Waals surface area contributed by atoms with Gasteiger partial charge in [0.05, 0.1) is 6.04 Å². The van der Waals surface area contributed by atoms with Crippen LogP contribution in [0.3, 0.4) is 0 Å². The summed E-state index contributed by atoms with van der Waals surface area (Å²) < 4.78 is 14.4. The van der Waals surface area contributed by atoms with Crippen LogP contribution in [-0.2, 0) is 0 Å². The molecule has 0 N–H and O–H groups in total. The largest absolute Gasteiger partial charge is 0.334 e. The molecule has 5 heteroatoms. The number of hydrogen-bond donors (Lipinski definition) is 0. The third kappa shape index (κ3) is 3.04. The molecular formula is C15H14BrFN2O. The molecule has 104 valence electrons. The smallest absolute Gasteiger partial charge is 0.272 e. The number of hydrogen-bond acceptors (Lipinski definition) is 2. The Morgan fingerprint density at radius 2 is 1.95 bits per heavy atom. The first-order chi connectivity index (χ1) is 9.50. The molecule has 0 fully saturated rings. The van der Waals surface area contributed by atoms with Gasteiger partial charge in [-0.2, -0.15) is 0 Å². The third-order valence-corrected chi connectivity index (χ3v) is 3.63. The van der Waals surface area contributed by atoms with E-state index < -0.39 is 0 Å². The molecule has 1 heterocycles. The van der Waals surface area contributed by atoms with Crippen molar-refractivity contribution in [1.82, 2.24) is 9.88 Å². The third-order valence-electron chi connectivity index (χ3n) is 3.19. The van der Waals surface area contributed by atoms with Gasteiger partial charge in [0.25, 0.3) is 5.91 Å². The van der Waals surface area contributed by atoms with E-state index >= 15 is 0 Å². The van der Waals surface area contributed by atoms with Crippen molar-refractivity contribution in [2.75, 3.05) is 7.05 Å². The van der Waals surface area contributed by atoms with E-state index in [-0.39, 0.29) is 17.8 Å². The molecule has 0 spiro atoms. The number of benzene rings is 1. The monoisotopic (exact) mass is 336 g/mol. The lowest BCUT2D eigenvalue weighted by Crippen LogP contribution is -2.30. The van der Waals surface area contributed by atoms with Gasteiger partial charge in [0.15, 0.2) is 0 Å². The summed E-state index contributed by atoms with van der Waals surface area (Å²) in [7, 11) is 1.64. The molecule has 3 nitrogen and oxygen atoms in total. The van der Waals surface area contributed by atoms with E-state index in [1.54, 1.807) is 50.4 Å². The van der Waals surface area contributed by atoms with E-state index in [4.69, 9.17) is 0 Å². The zero-order valence-electron chi connectivity index (χ0n) is 11.2. The molecule has 0 aliphatic heterocycles. The topological polar surface area (TPSA) is 33.2 Å². The number of aromatic nitrogens is 1. The number of carbonyl (C=O) groups is 1. The van der Waals surface area contributed by atoms with Gasteiger partial charge in [-0.25, -0.2) is 9.37 Å². The maximum absolute atomic E-state index is 13.8. The lowest BCUT2D eigenvalue weighted by atomic mass is 10.1. The van der Waals surface area contributed by atoms with Crippen LogP contribution in [0.5, 0.6) is 0 Å². The van der Waals surface area contributed by atoms with Crippen molar-refractivity contribution in [3.05, 3.63) is 64.1 Å². The lowest BCUT2D eigenvalue weighted by molar-refractivity contribution is 0.0734. The van der Waals surface area contributed by atoms with E-state index in [0.717, 1.165) is 0 Å². The normalized spacial score (nSPS) is 12.0. The van der Waals surface area contributed by atoms with Crippen molar-refractivity contribution in [3.63, 3.8) is 0 Å². The van der Waals surface area contributed by atoms with Crippen molar-refractivity contribution in [2.24, 2.45) is 0 Å². The average molecular weight is 337 g/mol. The highest BCUT2D eigenvalue weighted by Crippen LogP contribution is 2.23. The van der Waals surface area contributed by atoms with Gasteiger partial charge in [-0.3, -0.25) is 4.79 Å². The maximum Gasteiger partial charge on any atom is 0.272 e. The first kappa shape index (κ1) is 14.7. The van der Waals surface area contributed by atoms with Crippen LogP contribution in [-0.4, -0.2) is 22.8 Å². The molecule has 0 aliphatic carbocycles. The van der Waals surface area contributed by atoms with E-state index in [1.165, 1.54) is 11.0 Å². The molecule has 2 aromatic rings. The highest BCUT2D eigenvalue weighted by molar-refractivity contribution is 9.10. The van der Waals surface area contributed by atoms with Gasteiger partial charge >= 0.3 is 0 Å². The van der Waals surface area contributed by atoms with Crippen LogP contribution in [0.25, 0.3) is 0 Å². The quantitative estimate of drug-likeness (QED) is 0.798. The molecule has 2 rings (SSSR count). The van der Waals surface area contributed by atoms with E-state index in [1.807, 2.05) is 0 Å². The van der Waals surface area contributed by atoms with E-state index in [0.29, 0.717) is 15.9 Å². The van der Waals surface area contributed by atoms with Crippen molar-refractivity contribution in [3.8, 4) is 0 Å². The van der Waals surface area contributed by atoms with Crippen LogP contribution in [0.1, 0.15) is 29.0 Å². The Bertz CT molecular complexity index is 633. The molecule has 1 aromatic heterocycles. The molecule has 1 aromatic carbocycles. The second kappa shape index (κ2) is 6.13. The Hall–Kier alpha value is -1.75.